The van der Waals surface area contributed by atoms with Crippen molar-refractivity contribution in [1.82, 2.24) is 4.98 Å². The molecule has 16 heavy (non-hydrogen) atoms. The molecule has 1 heterocycles. The lowest BCUT2D eigenvalue weighted by atomic mass is 10.3. The van der Waals surface area contributed by atoms with Crippen LogP contribution in [0.3, 0.4) is 0 Å². The fourth-order valence-corrected chi connectivity index (χ4v) is 1.13. The van der Waals surface area contributed by atoms with Gasteiger partial charge in [-0.05, 0) is 19.9 Å². The molecule has 0 aliphatic heterocycles. The smallest absolute Gasteiger partial charge is 0.219 e. The van der Waals surface area contributed by atoms with Gasteiger partial charge in [-0.25, -0.2) is 9.37 Å². The van der Waals surface area contributed by atoms with Crippen LogP contribution in [0.4, 0.5) is 4.39 Å². The van der Waals surface area contributed by atoms with E-state index in [-0.39, 0.29) is 18.6 Å². The third-order valence-corrected chi connectivity index (χ3v) is 1.84. The van der Waals surface area contributed by atoms with Crippen LogP contribution >= 0.6 is 0 Å². The van der Waals surface area contributed by atoms with E-state index >= 15 is 0 Å². The molecule has 1 rings (SSSR count). The van der Waals surface area contributed by atoms with E-state index in [0.29, 0.717) is 18.8 Å². The maximum Gasteiger partial charge on any atom is 0.219 e. The van der Waals surface area contributed by atoms with E-state index in [9.17, 15) is 4.39 Å². The number of hydrogen-bond acceptors (Lipinski definition) is 4. The molecular weight excluding hydrogens is 213 g/mol. The first-order chi connectivity index (χ1) is 7.63. The summed E-state index contributed by atoms with van der Waals surface area (Å²) in [6.45, 7) is 4.31. The summed E-state index contributed by atoms with van der Waals surface area (Å²) in [5, 5.41) is 8.97. The van der Waals surface area contributed by atoms with Crippen molar-refractivity contribution in [1.29, 1.82) is 0 Å². The summed E-state index contributed by atoms with van der Waals surface area (Å²) in [4.78, 5) is 3.75. The minimum Gasteiger partial charge on any atom is -0.475 e. The molecule has 0 saturated heterocycles. The van der Waals surface area contributed by atoms with Crippen LogP contribution in [0.2, 0.25) is 0 Å². The minimum absolute atomic E-state index is 0.141. The second kappa shape index (κ2) is 6.40. The number of nitrogens with zero attached hydrogens (tertiary/aromatic N) is 1. The molecule has 5 heteroatoms. The number of aliphatic hydroxyl groups excluding tert-OH is 1. The van der Waals surface area contributed by atoms with Crippen LogP contribution in [0.25, 0.3) is 0 Å². The molecule has 0 aliphatic rings. The van der Waals surface area contributed by atoms with Gasteiger partial charge in [0.15, 0.2) is 0 Å². The lowest BCUT2D eigenvalue weighted by Gasteiger charge is -2.10. The Kier molecular flexibility index (Phi) is 5.14. The highest BCUT2D eigenvalue weighted by Crippen LogP contribution is 2.15. The predicted molar refractivity (Wildman–Crippen MR) is 56.7 cm³/mol. The number of pyridine rings is 1. The van der Waals surface area contributed by atoms with E-state index < -0.39 is 5.82 Å². The molecule has 90 valence electrons. The van der Waals surface area contributed by atoms with Crippen molar-refractivity contribution in [3.63, 3.8) is 0 Å². The molecule has 1 aromatic rings. The summed E-state index contributed by atoms with van der Waals surface area (Å²) in [7, 11) is 0. The number of aromatic nitrogens is 1. The van der Waals surface area contributed by atoms with E-state index in [1.54, 1.807) is 0 Å². The van der Waals surface area contributed by atoms with Crippen molar-refractivity contribution < 1.29 is 19.0 Å². The molecule has 0 unspecified atom stereocenters. The largest absolute Gasteiger partial charge is 0.475 e. The standard InChI is InChI=1S/C11H16FNO3/c1-8(2)15-3-4-16-11-9(7-14)5-10(12)6-13-11/h5-6,8,14H,3-4,7H2,1-2H3. The van der Waals surface area contributed by atoms with Crippen LogP contribution in [-0.2, 0) is 11.3 Å². The third-order valence-electron chi connectivity index (χ3n) is 1.84. The third kappa shape index (κ3) is 4.12. The SMILES string of the molecule is CC(C)OCCOc1ncc(F)cc1CO. The summed E-state index contributed by atoms with van der Waals surface area (Å²) in [5.74, 6) is -0.244. The van der Waals surface area contributed by atoms with Gasteiger partial charge in [0.1, 0.15) is 12.4 Å². The van der Waals surface area contributed by atoms with Crippen LogP contribution in [0.1, 0.15) is 19.4 Å². The topological polar surface area (TPSA) is 51.6 Å². The van der Waals surface area contributed by atoms with Gasteiger partial charge in [0.05, 0.1) is 25.5 Å². The van der Waals surface area contributed by atoms with E-state index in [4.69, 9.17) is 14.6 Å². The monoisotopic (exact) mass is 229 g/mol. The summed E-state index contributed by atoms with van der Waals surface area (Å²) < 4.78 is 23.3. The number of aliphatic hydroxyl groups is 1. The Bertz CT molecular complexity index is 331. The van der Waals surface area contributed by atoms with Crippen molar-refractivity contribution in [3.8, 4) is 5.88 Å². The van der Waals surface area contributed by atoms with Crippen molar-refractivity contribution >= 4 is 0 Å². The Morgan fingerprint density at radius 2 is 2.19 bits per heavy atom. The lowest BCUT2D eigenvalue weighted by Crippen LogP contribution is -2.12. The molecule has 0 radical (unpaired) electrons. The minimum atomic E-state index is -0.491. The Hall–Kier alpha value is -1.20. The average molecular weight is 229 g/mol. The number of halogens is 1. The van der Waals surface area contributed by atoms with Crippen LogP contribution < -0.4 is 4.74 Å². The Morgan fingerprint density at radius 3 is 2.81 bits per heavy atom. The molecule has 0 spiro atoms. The number of hydrogen-bond donors (Lipinski definition) is 1. The first-order valence-corrected chi connectivity index (χ1v) is 5.13. The molecule has 0 saturated carbocycles. The molecule has 0 aromatic carbocycles. The maximum atomic E-state index is 12.8. The van der Waals surface area contributed by atoms with Crippen LogP contribution in [0.15, 0.2) is 12.3 Å². The van der Waals surface area contributed by atoms with Gasteiger partial charge >= 0.3 is 0 Å². The predicted octanol–water partition coefficient (Wildman–Crippen LogP) is 1.52. The molecule has 0 atom stereocenters. The lowest BCUT2D eigenvalue weighted by molar-refractivity contribution is 0.0536. The van der Waals surface area contributed by atoms with E-state index in [1.807, 2.05) is 13.8 Å². The van der Waals surface area contributed by atoms with Gasteiger partial charge in [0.2, 0.25) is 5.88 Å². The first kappa shape index (κ1) is 12.9. The van der Waals surface area contributed by atoms with E-state index in [2.05, 4.69) is 4.98 Å². The molecule has 1 aromatic heterocycles. The Morgan fingerprint density at radius 1 is 1.44 bits per heavy atom. The highest BCUT2D eigenvalue weighted by Gasteiger charge is 2.06. The van der Waals surface area contributed by atoms with Crippen LogP contribution in [0.5, 0.6) is 5.88 Å². The summed E-state index contributed by atoms with van der Waals surface area (Å²) >= 11 is 0. The second-order valence-electron chi connectivity index (χ2n) is 3.54. The first-order valence-electron chi connectivity index (χ1n) is 5.13. The van der Waals surface area contributed by atoms with Gasteiger partial charge < -0.3 is 14.6 Å². The summed E-state index contributed by atoms with van der Waals surface area (Å²) in [5.41, 5.74) is 0.338. The van der Waals surface area contributed by atoms with E-state index in [0.717, 1.165) is 6.20 Å². The highest BCUT2D eigenvalue weighted by molar-refractivity contribution is 5.25. The van der Waals surface area contributed by atoms with Crippen molar-refractivity contribution in [2.24, 2.45) is 0 Å². The van der Waals surface area contributed by atoms with Gasteiger partial charge in [-0.2, -0.15) is 0 Å². The van der Waals surface area contributed by atoms with Gasteiger partial charge in [-0.1, -0.05) is 0 Å². The summed E-state index contributed by atoms with van der Waals surface area (Å²) in [6.07, 6.45) is 1.19. The zero-order valence-electron chi connectivity index (χ0n) is 9.44. The fourth-order valence-electron chi connectivity index (χ4n) is 1.13. The second-order valence-corrected chi connectivity index (χ2v) is 3.54. The van der Waals surface area contributed by atoms with Crippen molar-refractivity contribution in [2.45, 2.75) is 26.6 Å². The van der Waals surface area contributed by atoms with E-state index in [1.165, 1.54) is 6.07 Å². The molecule has 0 aliphatic carbocycles. The quantitative estimate of drug-likeness (QED) is 0.751. The maximum absolute atomic E-state index is 12.8. The Balaban J connectivity index is 2.47. The molecule has 0 bridgehead atoms. The Labute approximate surface area is 94.0 Å². The fraction of sp³-hybridized carbons (Fsp3) is 0.545. The normalized spacial score (nSPS) is 10.8. The average Bonchev–Trinajstić information content (AvgIpc) is 2.25. The highest BCUT2D eigenvalue weighted by atomic mass is 19.1. The molecule has 0 amide bonds. The van der Waals surface area contributed by atoms with Crippen LogP contribution in [0, 0.1) is 5.82 Å². The molecular formula is C11H16FNO3. The van der Waals surface area contributed by atoms with Gasteiger partial charge in [-0.3, -0.25) is 0 Å². The van der Waals surface area contributed by atoms with Gasteiger partial charge in [0, 0.05) is 5.56 Å². The zero-order chi connectivity index (χ0) is 12.0. The summed E-state index contributed by atoms with van der Waals surface area (Å²) in [6, 6.07) is 1.20. The van der Waals surface area contributed by atoms with Crippen molar-refractivity contribution in [2.75, 3.05) is 13.2 Å². The van der Waals surface area contributed by atoms with Crippen molar-refractivity contribution in [3.05, 3.63) is 23.6 Å². The van der Waals surface area contributed by atoms with Gasteiger partial charge in [-0.15, -0.1) is 0 Å². The zero-order valence-corrected chi connectivity index (χ0v) is 9.44. The molecule has 4 nitrogen and oxygen atoms in total. The molecule has 0 fully saturated rings. The molecule has 1 N–H and O–H groups in total. The number of rotatable bonds is 6. The van der Waals surface area contributed by atoms with Crippen LogP contribution in [-0.4, -0.2) is 29.4 Å². The number of ether oxygens (including phenoxy) is 2. The van der Waals surface area contributed by atoms with Gasteiger partial charge in [0.25, 0.3) is 0 Å².